The number of carbonyl (C=O) groups is 2. The Balaban J connectivity index is 2.26. The number of piperidine rings is 1. The van der Waals surface area contributed by atoms with Crippen LogP contribution in [0.1, 0.15) is 46.0 Å². The molecule has 0 aromatic rings. The third-order valence-corrected chi connectivity index (χ3v) is 6.07. The summed E-state index contributed by atoms with van der Waals surface area (Å²) in [6, 6.07) is -0.664. The number of hydrogen-bond donors (Lipinski definition) is 2. The van der Waals surface area contributed by atoms with E-state index in [0.29, 0.717) is 12.3 Å². The molecule has 2 rings (SSSR count). The Kier molecular flexibility index (Phi) is 5.54. The van der Waals surface area contributed by atoms with E-state index < -0.39 is 17.4 Å². The lowest BCUT2D eigenvalue weighted by atomic mass is 9.75. The van der Waals surface area contributed by atoms with E-state index in [1.807, 2.05) is 6.92 Å². The first kappa shape index (κ1) is 16.6. The lowest BCUT2D eigenvalue weighted by Crippen LogP contribution is -2.56. The highest BCUT2D eigenvalue weighted by Gasteiger charge is 2.49. The Morgan fingerprint density at radius 3 is 2.71 bits per heavy atom. The minimum Gasteiger partial charge on any atom is -0.480 e. The summed E-state index contributed by atoms with van der Waals surface area (Å²) in [5, 5.41) is 12.8. The second kappa shape index (κ2) is 7.01. The third kappa shape index (κ3) is 3.21. The fourth-order valence-electron chi connectivity index (χ4n) is 3.56. The van der Waals surface area contributed by atoms with Crippen LogP contribution in [-0.4, -0.2) is 52.1 Å². The molecule has 0 aliphatic carbocycles. The van der Waals surface area contributed by atoms with Gasteiger partial charge in [0.15, 0.2) is 0 Å². The van der Waals surface area contributed by atoms with E-state index in [4.69, 9.17) is 0 Å². The Labute approximate surface area is 130 Å². The fourth-order valence-corrected chi connectivity index (χ4v) is 4.91. The summed E-state index contributed by atoms with van der Waals surface area (Å²) in [6.07, 6.45) is 4.44. The number of carbonyl (C=O) groups excluding carboxylic acids is 1. The van der Waals surface area contributed by atoms with E-state index >= 15 is 0 Å². The average molecular weight is 314 g/mol. The smallest absolute Gasteiger partial charge is 0.327 e. The average Bonchev–Trinajstić information content (AvgIpc) is 2.91. The van der Waals surface area contributed by atoms with Crippen molar-refractivity contribution in [2.75, 3.05) is 18.8 Å². The van der Waals surface area contributed by atoms with Crippen LogP contribution in [0.15, 0.2) is 0 Å². The molecule has 21 heavy (non-hydrogen) atoms. The maximum absolute atomic E-state index is 13.2. The van der Waals surface area contributed by atoms with Gasteiger partial charge < -0.3 is 15.3 Å². The largest absolute Gasteiger partial charge is 0.480 e. The van der Waals surface area contributed by atoms with Gasteiger partial charge >= 0.3 is 5.97 Å². The number of aliphatic carboxylic acids is 1. The Morgan fingerprint density at radius 2 is 2.19 bits per heavy atom. The van der Waals surface area contributed by atoms with Crippen LogP contribution in [0.25, 0.3) is 0 Å². The number of amides is 1. The molecule has 0 spiro atoms. The van der Waals surface area contributed by atoms with Crippen molar-refractivity contribution < 1.29 is 14.7 Å². The van der Waals surface area contributed by atoms with Crippen LogP contribution in [-0.2, 0) is 9.59 Å². The van der Waals surface area contributed by atoms with Crippen LogP contribution in [0.5, 0.6) is 0 Å². The maximum Gasteiger partial charge on any atom is 0.327 e. The number of nitrogens with zero attached hydrogens (tertiary/aromatic N) is 1. The molecule has 2 aliphatic rings. The normalized spacial score (nSPS) is 33.1. The molecule has 120 valence electrons. The number of hydrogen-bond acceptors (Lipinski definition) is 4. The molecule has 3 unspecified atom stereocenters. The number of carboxylic acids is 1. The number of carboxylic acid groups (broad SMARTS) is 1. The van der Waals surface area contributed by atoms with Gasteiger partial charge in [-0.05, 0) is 32.2 Å². The van der Waals surface area contributed by atoms with Crippen LogP contribution in [0.4, 0.5) is 0 Å². The zero-order chi connectivity index (χ0) is 15.5. The van der Waals surface area contributed by atoms with Gasteiger partial charge in [0, 0.05) is 12.3 Å². The highest BCUT2D eigenvalue weighted by molar-refractivity contribution is 8.00. The van der Waals surface area contributed by atoms with Crippen molar-refractivity contribution in [2.45, 2.75) is 57.4 Å². The standard InChI is InChI=1S/C15H26N2O3S/c1-3-6-15(7-5-8-16-10-15)14(20)17-11(13(18)19)9-21-12(17)4-2/h11-12,16H,3-10H2,1-2H3,(H,18,19). The summed E-state index contributed by atoms with van der Waals surface area (Å²) in [4.78, 5) is 26.4. The van der Waals surface area contributed by atoms with Gasteiger partial charge in [0.2, 0.25) is 5.91 Å². The predicted octanol–water partition coefficient (Wildman–Crippen LogP) is 1.92. The first-order valence-electron chi connectivity index (χ1n) is 7.93. The quantitative estimate of drug-likeness (QED) is 0.811. The summed E-state index contributed by atoms with van der Waals surface area (Å²) < 4.78 is 0. The molecule has 0 saturated carbocycles. The summed E-state index contributed by atoms with van der Waals surface area (Å²) in [5.74, 6) is -0.308. The molecule has 6 heteroatoms. The van der Waals surface area contributed by atoms with Gasteiger partial charge in [0.1, 0.15) is 6.04 Å². The zero-order valence-corrected chi connectivity index (χ0v) is 13.7. The summed E-state index contributed by atoms with van der Waals surface area (Å²) in [6.45, 7) is 5.75. The van der Waals surface area contributed by atoms with E-state index in [2.05, 4.69) is 12.2 Å². The number of nitrogens with one attached hydrogen (secondary N) is 1. The van der Waals surface area contributed by atoms with Crippen molar-refractivity contribution in [3.05, 3.63) is 0 Å². The lowest BCUT2D eigenvalue weighted by molar-refractivity contribution is -0.155. The summed E-state index contributed by atoms with van der Waals surface area (Å²) >= 11 is 1.60. The van der Waals surface area contributed by atoms with Gasteiger partial charge in [-0.25, -0.2) is 4.79 Å². The molecule has 0 aromatic carbocycles. The molecule has 3 atom stereocenters. The molecule has 0 aromatic heterocycles. The topological polar surface area (TPSA) is 69.6 Å². The molecule has 5 nitrogen and oxygen atoms in total. The lowest BCUT2D eigenvalue weighted by Gasteiger charge is -2.41. The van der Waals surface area contributed by atoms with Crippen molar-refractivity contribution >= 4 is 23.6 Å². The zero-order valence-electron chi connectivity index (χ0n) is 12.9. The van der Waals surface area contributed by atoms with Crippen LogP contribution >= 0.6 is 11.8 Å². The molecule has 2 aliphatic heterocycles. The van der Waals surface area contributed by atoms with E-state index in [1.165, 1.54) is 0 Å². The monoisotopic (exact) mass is 314 g/mol. The molecule has 2 N–H and O–H groups in total. The molecule has 1 amide bonds. The van der Waals surface area contributed by atoms with Gasteiger partial charge in [-0.15, -0.1) is 11.8 Å². The SMILES string of the molecule is CCCC1(C(=O)N2C(CC)SCC2C(=O)O)CCCNC1. The molecule has 0 radical (unpaired) electrons. The number of rotatable bonds is 5. The third-order valence-electron chi connectivity index (χ3n) is 4.62. The highest BCUT2D eigenvalue weighted by Crippen LogP contribution is 2.40. The van der Waals surface area contributed by atoms with Crippen LogP contribution in [0, 0.1) is 5.41 Å². The van der Waals surface area contributed by atoms with Crippen molar-refractivity contribution in [3.63, 3.8) is 0 Å². The van der Waals surface area contributed by atoms with E-state index in [9.17, 15) is 14.7 Å². The van der Waals surface area contributed by atoms with E-state index in [-0.39, 0.29) is 11.3 Å². The van der Waals surface area contributed by atoms with Gasteiger partial charge in [-0.2, -0.15) is 0 Å². The molecule has 2 fully saturated rings. The molecular formula is C15H26N2O3S. The van der Waals surface area contributed by atoms with Crippen LogP contribution in [0.2, 0.25) is 0 Å². The summed E-state index contributed by atoms with van der Waals surface area (Å²) in [5.41, 5.74) is -0.404. The minimum atomic E-state index is -0.873. The van der Waals surface area contributed by atoms with Crippen LogP contribution < -0.4 is 5.32 Å². The predicted molar refractivity (Wildman–Crippen MR) is 84.3 cm³/mol. The van der Waals surface area contributed by atoms with E-state index in [1.54, 1.807) is 16.7 Å². The van der Waals surface area contributed by atoms with Crippen molar-refractivity contribution in [3.8, 4) is 0 Å². The van der Waals surface area contributed by atoms with Gasteiger partial charge in [-0.3, -0.25) is 4.79 Å². The second-order valence-electron chi connectivity index (χ2n) is 6.07. The Bertz CT molecular complexity index is 391. The number of thioether (sulfide) groups is 1. The first-order chi connectivity index (χ1) is 10.1. The summed E-state index contributed by atoms with van der Waals surface area (Å²) in [7, 11) is 0. The molecule has 2 heterocycles. The maximum atomic E-state index is 13.2. The van der Waals surface area contributed by atoms with Gasteiger partial charge in [0.05, 0.1) is 10.8 Å². The van der Waals surface area contributed by atoms with Crippen molar-refractivity contribution in [2.24, 2.45) is 5.41 Å². The molecular weight excluding hydrogens is 288 g/mol. The highest BCUT2D eigenvalue weighted by atomic mass is 32.2. The Hall–Kier alpha value is -0.750. The molecule has 0 bridgehead atoms. The van der Waals surface area contributed by atoms with Crippen molar-refractivity contribution in [1.82, 2.24) is 10.2 Å². The minimum absolute atomic E-state index is 0.00857. The first-order valence-corrected chi connectivity index (χ1v) is 8.98. The Morgan fingerprint density at radius 1 is 1.43 bits per heavy atom. The fraction of sp³-hybridized carbons (Fsp3) is 0.867. The van der Waals surface area contributed by atoms with Crippen LogP contribution in [0.3, 0.4) is 0 Å². The molecule has 2 saturated heterocycles. The van der Waals surface area contributed by atoms with E-state index in [0.717, 1.165) is 38.6 Å². The second-order valence-corrected chi connectivity index (χ2v) is 7.28. The van der Waals surface area contributed by atoms with Gasteiger partial charge in [0.25, 0.3) is 0 Å². The van der Waals surface area contributed by atoms with Gasteiger partial charge in [-0.1, -0.05) is 20.3 Å². The van der Waals surface area contributed by atoms with Crippen molar-refractivity contribution in [1.29, 1.82) is 0 Å².